The Kier molecular flexibility index (Phi) is 4.99. The Balaban J connectivity index is 1.54. The highest BCUT2D eigenvalue weighted by atomic mass is 19.1. The maximum Gasteiger partial charge on any atom is 0.320 e. The van der Waals surface area contributed by atoms with Crippen LogP contribution in [0.5, 0.6) is 0 Å². The minimum absolute atomic E-state index is 0.0533. The standard InChI is InChI=1S/C19H22FN3O/c1-21(15-16-5-3-2-4-6-16)19(24)23-13-11-22(12-14-23)18-9-7-17(20)8-10-18/h2-10H,11-15H2,1H3. The molecule has 0 saturated carbocycles. The van der Waals surface area contributed by atoms with Crippen molar-refractivity contribution < 1.29 is 9.18 Å². The number of carbonyl (C=O) groups excluding carboxylic acids is 1. The predicted octanol–water partition coefficient (Wildman–Crippen LogP) is 3.20. The number of halogens is 1. The second-order valence-corrected chi connectivity index (χ2v) is 6.07. The van der Waals surface area contributed by atoms with E-state index in [4.69, 9.17) is 0 Å². The monoisotopic (exact) mass is 327 g/mol. The first-order chi connectivity index (χ1) is 11.6. The van der Waals surface area contributed by atoms with Gasteiger partial charge in [-0.25, -0.2) is 9.18 Å². The summed E-state index contributed by atoms with van der Waals surface area (Å²) in [7, 11) is 1.84. The first kappa shape index (κ1) is 16.3. The molecule has 2 amide bonds. The van der Waals surface area contributed by atoms with Crippen LogP contribution in [-0.4, -0.2) is 49.1 Å². The second-order valence-electron chi connectivity index (χ2n) is 6.07. The van der Waals surface area contributed by atoms with Crippen LogP contribution in [-0.2, 0) is 6.54 Å². The Bertz CT molecular complexity index is 667. The zero-order valence-corrected chi connectivity index (χ0v) is 13.9. The normalized spacial score (nSPS) is 14.6. The molecule has 0 aromatic heterocycles. The van der Waals surface area contributed by atoms with Gasteiger partial charge in [0.05, 0.1) is 0 Å². The molecule has 3 rings (SSSR count). The molecule has 0 N–H and O–H groups in total. The van der Waals surface area contributed by atoms with Crippen molar-refractivity contribution in [1.29, 1.82) is 0 Å². The molecule has 1 fully saturated rings. The van der Waals surface area contributed by atoms with Gasteiger partial charge in [-0.1, -0.05) is 30.3 Å². The van der Waals surface area contributed by atoms with Gasteiger partial charge in [-0.2, -0.15) is 0 Å². The SMILES string of the molecule is CN(Cc1ccccc1)C(=O)N1CCN(c2ccc(F)cc2)CC1. The Morgan fingerprint density at radius 2 is 1.62 bits per heavy atom. The third kappa shape index (κ3) is 3.85. The molecular weight excluding hydrogens is 305 g/mol. The molecule has 0 bridgehead atoms. The fourth-order valence-corrected chi connectivity index (χ4v) is 2.97. The molecule has 2 aromatic rings. The predicted molar refractivity (Wildman–Crippen MR) is 93.5 cm³/mol. The van der Waals surface area contributed by atoms with Crippen molar-refractivity contribution in [3.63, 3.8) is 0 Å². The fraction of sp³-hybridized carbons (Fsp3) is 0.316. The van der Waals surface area contributed by atoms with Gasteiger partial charge in [-0.05, 0) is 29.8 Å². The van der Waals surface area contributed by atoms with Crippen molar-refractivity contribution in [3.8, 4) is 0 Å². The molecule has 4 nitrogen and oxygen atoms in total. The summed E-state index contributed by atoms with van der Waals surface area (Å²) < 4.78 is 13.0. The Morgan fingerprint density at radius 3 is 2.25 bits per heavy atom. The highest BCUT2D eigenvalue weighted by molar-refractivity contribution is 5.74. The summed E-state index contributed by atoms with van der Waals surface area (Å²) in [5.74, 6) is -0.227. The molecule has 5 heteroatoms. The Morgan fingerprint density at radius 1 is 1.00 bits per heavy atom. The lowest BCUT2D eigenvalue weighted by molar-refractivity contribution is 0.157. The Hall–Kier alpha value is -2.56. The summed E-state index contributed by atoms with van der Waals surface area (Å²) in [5, 5.41) is 0. The van der Waals surface area contributed by atoms with E-state index in [0.717, 1.165) is 24.3 Å². The fourth-order valence-electron chi connectivity index (χ4n) is 2.97. The van der Waals surface area contributed by atoms with Crippen molar-refractivity contribution in [2.45, 2.75) is 6.54 Å². The van der Waals surface area contributed by atoms with Gasteiger partial charge < -0.3 is 14.7 Å². The number of amides is 2. The average Bonchev–Trinajstić information content (AvgIpc) is 2.63. The zero-order valence-electron chi connectivity index (χ0n) is 13.9. The van der Waals surface area contributed by atoms with Crippen LogP contribution < -0.4 is 4.90 Å². The number of rotatable bonds is 3. The molecule has 1 heterocycles. The number of hydrogen-bond donors (Lipinski definition) is 0. The summed E-state index contributed by atoms with van der Waals surface area (Å²) in [6.45, 7) is 3.48. The summed E-state index contributed by atoms with van der Waals surface area (Å²) in [4.78, 5) is 18.4. The van der Waals surface area contributed by atoms with E-state index in [-0.39, 0.29) is 11.8 Å². The molecule has 0 spiro atoms. The number of piperazine rings is 1. The van der Waals surface area contributed by atoms with E-state index in [1.54, 1.807) is 17.0 Å². The van der Waals surface area contributed by atoms with E-state index in [2.05, 4.69) is 4.90 Å². The lowest BCUT2D eigenvalue weighted by Gasteiger charge is -2.37. The van der Waals surface area contributed by atoms with Gasteiger partial charge in [0.15, 0.2) is 0 Å². The largest absolute Gasteiger partial charge is 0.368 e. The number of benzene rings is 2. The van der Waals surface area contributed by atoms with E-state index in [0.29, 0.717) is 19.6 Å². The smallest absolute Gasteiger partial charge is 0.320 e. The van der Waals surface area contributed by atoms with Crippen LogP contribution in [0, 0.1) is 5.82 Å². The number of carbonyl (C=O) groups is 1. The molecule has 0 aliphatic carbocycles. The third-order valence-electron chi connectivity index (χ3n) is 4.33. The van der Waals surface area contributed by atoms with E-state index in [1.807, 2.05) is 42.3 Å². The van der Waals surface area contributed by atoms with Crippen molar-refractivity contribution >= 4 is 11.7 Å². The summed E-state index contributed by atoms with van der Waals surface area (Å²) in [6, 6.07) is 16.6. The average molecular weight is 327 g/mol. The summed E-state index contributed by atoms with van der Waals surface area (Å²) >= 11 is 0. The van der Waals surface area contributed by atoms with Gasteiger partial charge in [0.25, 0.3) is 0 Å². The van der Waals surface area contributed by atoms with Crippen LogP contribution in [0.2, 0.25) is 0 Å². The molecule has 0 radical (unpaired) electrons. The Labute approximate surface area is 142 Å². The third-order valence-corrected chi connectivity index (χ3v) is 4.33. The van der Waals surface area contributed by atoms with Crippen LogP contribution in [0.3, 0.4) is 0 Å². The van der Waals surface area contributed by atoms with Crippen LogP contribution in [0.1, 0.15) is 5.56 Å². The molecule has 0 atom stereocenters. The van der Waals surface area contributed by atoms with Crippen molar-refractivity contribution in [3.05, 3.63) is 66.0 Å². The number of urea groups is 1. The molecule has 2 aromatic carbocycles. The quantitative estimate of drug-likeness (QED) is 0.865. The first-order valence-electron chi connectivity index (χ1n) is 8.18. The van der Waals surface area contributed by atoms with Crippen LogP contribution >= 0.6 is 0 Å². The zero-order chi connectivity index (χ0) is 16.9. The lowest BCUT2D eigenvalue weighted by Crippen LogP contribution is -2.52. The van der Waals surface area contributed by atoms with Crippen molar-refractivity contribution in [1.82, 2.24) is 9.80 Å². The first-order valence-corrected chi connectivity index (χ1v) is 8.18. The lowest BCUT2D eigenvalue weighted by atomic mass is 10.2. The van der Waals surface area contributed by atoms with Gasteiger partial charge in [0.2, 0.25) is 0 Å². The molecule has 1 aliphatic rings. The van der Waals surface area contributed by atoms with Crippen molar-refractivity contribution in [2.75, 3.05) is 38.1 Å². The van der Waals surface area contributed by atoms with Gasteiger partial charge in [0, 0.05) is 45.5 Å². The maximum absolute atomic E-state index is 13.0. The molecule has 1 saturated heterocycles. The van der Waals surface area contributed by atoms with E-state index < -0.39 is 0 Å². The highest BCUT2D eigenvalue weighted by Gasteiger charge is 2.23. The summed E-state index contributed by atoms with van der Waals surface area (Å²) in [5.41, 5.74) is 2.12. The molecular formula is C19H22FN3O. The van der Waals surface area contributed by atoms with Crippen LogP contribution in [0.4, 0.5) is 14.9 Å². The van der Waals surface area contributed by atoms with E-state index in [1.165, 1.54) is 12.1 Å². The van der Waals surface area contributed by atoms with Crippen LogP contribution in [0.25, 0.3) is 0 Å². The van der Waals surface area contributed by atoms with Gasteiger partial charge in [0.1, 0.15) is 5.82 Å². The molecule has 126 valence electrons. The molecule has 1 aliphatic heterocycles. The van der Waals surface area contributed by atoms with Gasteiger partial charge in [-0.15, -0.1) is 0 Å². The molecule has 24 heavy (non-hydrogen) atoms. The summed E-state index contributed by atoms with van der Waals surface area (Å²) in [6.07, 6.45) is 0. The van der Waals surface area contributed by atoms with E-state index >= 15 is 0 Å². The second kappa shape index (κ2) is 7.34. The van der Waals surface area contributed by atoms with E-state index in [9.17, 15) is 9.18 Å². The maximum atomic E-state index is 13.0. The number of nitrogens with zero attached hydrogens (tertiary/aromatic N) is 3. The highest BCUT2D eigenvalue weighted by Crippen LogP contribution is 2.17. The molecule has 0 unspecified atom stereocenters. The minimum atomic E-state index is -0.227. The van der Waals surface area contributed by atoms with Crippen molar-refractivity contribution in [2.24, 2.45) is 0 Å². The number of anilines is 1. The number of hydrogen-bond acceptors (Lipinski definition) is 2. The topological polar surface area (TPSA) is 26.8 Å². The van der Waals surface area contributed by atoms with Gasteiger partial charge in [-0.3, -0.25) is 0 Å². The van der Waals surface area contributed by atoms with Crippen LogP contribution in [0.15, 0.2) is 54.6 Å². The van der Waals surface area contributed by atoms with Gasteiger partial charge >= 0.3 is 6.03 Å². The minimum Gasteiger partial charge on any atom is -0.368 e.